The number of anilines is 1. The van der Waals surface area contributed by atoms with E-state index in [2.05, 4.69) is 16.7 Å². The molecule has 1 unspecified atom stereocenters. The Balaban J connectivity index is 2.03. The zero-order valence-electron chi connectivity index (χ0n) is 11.8. The van der Waals surface area contributed by atoms with E-state index in [4.69, 9.17) is 11.6 Å². The normalized spacial score (nSPS) is 18.6. The van der Waals surface area contributed by atoms with Gasteiger partial charge in [-0.2, -0.15) is 0 Å². The summed E-state index contributed by atoms with van der Waals surface area (Å²) in [6, 6.07) is 5.87. The van der Waals surface area contributed by atoms with Crippen molar-refractivity contribution in [3.63, 3.8) is 0 Å². The van der Waals surface area contributed by atoms with E-state index in [1.807, 2.05) is 18.2 Å². The van der Waals surface area contributed by atoms with E-state index in [1.54, 1.807) is 6.92 Å². The van der Waals surface area contributed by atoms with Crippen LogP contribution < -0.4 is 4.90 Å². The maximum Gasteiger partial charge on any atom is 0.0762 e. The predicted molar refractivity (Wildman–Crippen MR) is 81.0 cm³/mol. The number of aliphatic hydroxyl groups excluding tert-OH is 1. The summed E-state index contributed by atoms with van der Waals surface area (Å²) in [4.78, 5) is 4.83. The molecule has 2 rings (SSSR count). The van der Waals surface area contributed by atoms with Gasteiger partial charge >= 0.3 is 0 Å². The summed E-state index contributed by atoms with van der Waals surface area (Å²) < 4.78 is 0. The molecule has 106 valence electrons. The summed E-state index contributed by atoms with van der Waals surface area (Å²) in [7, 11) is 0. The van der Waals surface area contributed by atoms with E-state index in [1.165, 1.54) is 13.0 Å². The fourth-order valence-corrected chi connectivity index (χ4v) is 2.88. The molecule has 0 radical (unpaired) electrons. The lowest BCUT2D eigenvalue weighted by Crippen LogP contribution is -2.46. The van der Waals surface area contributed by atoms with Crippen LogP contribution in [0, 0.1) is 0 Å². The van der Waals surface area contributed by atoms with Gasteiger partial charge in [0.25, 0.3) is 0 Å². The number of halogens is 1. The number of aliphatic hydroxyl groups is 1. The van der Waals surface area contributed by atoms with Gasteiger partial charge in [-0.25, -0.2) is 0 Å². The first-order valence-electron chi connectivity index (χ1n) is 7.06. The molecule has 4 heteroatoms. The summed E-state index contributed by atoms with van der Waals surface area (Å²) in [5, 5.41) is 10.3. The molecule has 1 aromatic carbocycles. The summed E-state index contributed by atoms with van der Waals surface area (Å²) in [5.41, 5.74) is 1.96. The van der Waals surface area contributed by atoms with E-state index in [0.717, 1.165) is 42.5 Å². The molecule has 1 heterocycles. The first kappa shape index (κ1) is 14.6. The highest BCUT2D eigenvalue weighted by Gasteiger charge is 2.18. The third-order valence-electron chi connectivity index (χ3n) is 3.71. The number of rotatable bonds is 4. The molecule has 3 nitrogen and oxygen atoms in total. The van der Waals surface area contributed by atoms with E-state index < -0.39 is 6.10 Å². The lowest BCUT2D eigenvalue weighted by molar-refractivity contribution is 0.199. The van der Waals surface area contributed by atoms with Crippen molar-refractivity contribution in [3.05, 3.63) is 28.8 Å². The van der Waals surface area contributed by atoms with Crippen molar-refractivity contribution < 1.29 is 5.11 Å². The topological polar surface area (TPSA) is 26.7 Å². The molecule has 1 fully saturated rings. The summed E-state index contributed by atoms with van der Waals surface area (Å²) in [5.74, 6) is 0. The molecule has 1 atom stereocenters. The molecule has 0 aliphatic carbocycles. The molecule has 0 aromatic heterocycles. The molecule has 1 aromatic rings. The van der Waals surface area contributed by atoms with Crippen LogP contribution in [-0.4, -0.2) is 42.7 Å². The Morgan fingerprint density at radius 1 is 1.26 bits per heavy atom. The van der Waals surface area contributed by atoms with Gasteiger partial charge in [-0.15, -0.1) is 0 Å². The standard InChI is InChI=1S/C15H23ClN2O/c1-3-6-17-7-9-18(10-8-17)15-5-4-13(12(2)19)11-14(15)16/h4-5,11-12,19H,3,6-10H2,1-2H3. The second kappa shape index (κ2) is 6.60. The Morgan fingerprint density at radius 2 is 1.95 bits per heavy atom. The molecule has 0 spiro atoms. The van der Waals surface area contributed by atoms with Gasteiger partial charge in [0.1, 0.15) is 0 Å². The molecule has 0 amide bonds. The average molecular weight is 283 g/mol. The molecule has 1 aliphatic rings. The van der Waals surface area contributed by atoms with Crippen molar-refractivity contribution in [1.29, 1.82) is 0 Å². The Hall–Kier alpha value is -0.770. The Labute approximate surface area is 120 Å². The van der Waals surface area contributed by atoms with Crippen LogP contribution >= 0.6 is 11.6 Å². The van der Waals surface area contributed by atoms with E-state index >= 15 is 0 Å². The van der Waals surface area contributed by atoms with Crippen LogP contribution in [-0.2, 0) is 0 Å². The largest absolute Gasteiger partial charge is 0.389 e. The van der Waals surface area contributed by atoms with Crippen LogP contribution in [0.1, 0.15) is 31.9 Å². The number of hydrogen-bond donors (Lipinski definition) is 1. The van der Waals surface area contributed by atoms with Gasteiger partial charge in [0.2, 0.25) is 0 Å². The summed E-state index contributed by atoms with van der Waals surface area (Å²) >= 11 is 6.34. The highest BCUT2D eigenvalue weighted by Crippen LogP contribution is 2.29. The Kier molecular flexibility index (Phi) is 5.08. The second-order valence-electron chi connectivity index (χ2n) is 5.22. The van der Waals surface area contributed by atoms with Crippen molar-refractivity contribution in [2.75, 3.05) is 37.6 Å². The fourth-order valence-electron chi connectivity index (χ4n) is 2.57. The van der Waals surface area contributed by atoms with Crippen LogP contribution in [0.5, 0.6) is 0 Å². The Bertz CT molecular complexity index is 415. The van der Waals surface area contributed by atoms with Crippen LogP contribution in [0.4, 0.5) is 5.69 Å². The molecule has 0 bridgehead atoms. The maximum atomic E-state index is 9.56. The van der Waals surface area contributed by atoms with E-state index in [9.17, 15) is 5.11 Å². The van der Waals surface area contributed by atoms with Gasteiger partial charge in [0, 0.05) is 26.2 Å². The molecule has 0 saturated carbocycles. The number of nitrogens with zero attached hydrogens (tertiary/aromatic N) is 2. The highest BCUT2D eigenvalue weighted by atomic mass is 35.5. The number of hydrogen-bond acceptors (Lipinski definition) is 3. The third-order valence-corrected chi connectivity index (χ3v) is 4.01. The van der Waals surface area contributed by atoms with E-state index in [0.29, 0.717) is 0 Å². The van der Waals surface area contributed by atoms with Gasteiger partial charge < -0.3 is 10.0 Å². The fraction of sp³-hybridized carbons (Fsp3) is 0.600. The molecule has 1 saturated heterocycles. The van der Waals surface area contributed by atoms with Gasteiger partial charge in [-0.3, -0.25) is 4.90 Å². The van der Waals surface area contributed by atoms with Crippen LogP contribution in [0.3, 0.4) is 0 Å². The molecule has 1 aliphatic heterocycles. The van der Waals surface area contributed by atoms with Crippen LogP contribution in [0.25, 0.3) is 0 Å². The lowest BCUT2D eigenvalue weighted by atomic mass is 10.1. The minimum atomic E-state index is -0.465. The van der Waals surface area contributed by atoms with Gasteiger partial charge in [0.05, 0.1) is 16.8 Å². The minimum Gasteiger partial charge on any atom is -0.389 e. The van der Waals surface area contributed by atoms with E-state index in [-0.39, 0.29) is 0 Å². The van der Waals surface area contributed by atoms with Crippen molar-refractivity contribution >= 4 is 17.3 Å². The first-order valence-corrected chi connectivity index (χ1v) is 7.44. The average Bonchev–Trinajstić information content (AvgIpc) is 2.40. The predicted octanol–water partition coefficient (Wildman–Crippen LogP) is 2.93. The summed E-state index contributed by atoms with van der Waals surface area (Å²) in [6.45, 7) is 9.40. The van der Waals surface area contributed by atoms with Crippen molar-refractivity contribution in [3.8, 4) is 0 Å². The minimum absolute atomic E-state index is 0.465. The second-order valence-corrected chi connectivity index (χ2v) is 5.62. The molecular formula is C15H23ClN2O. The third kappa shape index (κ3) is 3.62. The molecule has 1 N–H and O–H groups in total. The zero-order valence-corrected chi connectivity index (χ0v) is 12.5. The summed E-state index contributed by atoms with van der Waals surface area (Å²) in [6.07, 6.45) is 0.747. The lowest BCUT2D eigenvalue weighted by Gasteiger charge is -2.36. The van der Waals surface area contributed by atoms with Gasteiger partial charge in [-0.05, 0) is 37.6 Å². The van der Waals surface area contributed by atoms with Gasteiger partial charge in [0.15, 0.2) is 0 Å². The molecule has 19 heavy (non-hydrogen) atoms. The highest BCUT2D eigenvalue weighted by molar-refractivity contribution is 6.33. The maximum absolute atomic E-state index is 9.56. The smallest absolute Gasteiger partial charge is 0.0762 e. The Morgan fingerprint density at radius 3 is 2.47 bits per heavy atom. The monoisotopic (exact) mass is 282 g/mol. The SMILES string of the molecule is CCCN1CCN(c2ccc(C(C)O)cc2Cl)CC1. The quantitative estimate of drug-likeness (QED) is 0.920. The molecular weight excluding hydrogens is 260 g/mol. The van der Waals surface area contributed by atoms with Crippen LogP contribution in [0.2, 0.25) is 5.02 Å². The zero-order chi connectivity index (χ0) is 13.8. The van der Waals surface area contributed by atoms with Gasteiger partial charge in [-0.1, -0.05) is 24.6 Å². The van der Waals surface area contributed by atoms with Crippen molar-refractivity contribution in [2.45, 2.75) is 26.4 Å². The first-order chi connectivity index (χ1) is 9.11. The number of piperazine rings is 1. The van der Waals surface area contributed by atoms with Crippen molar-refractivity contribution in [1.82, 2.24) is 4.90 Å². The van der Waals surface area contributed by atoms with Crippen molar-refractivity contribution in [2.24, 2.45) is 0 Å². The van der Waals surface area contributed by atoms with Crippen LogP contribution in [0.15, 0.2) is 18.2 Å². The number of benzene rings is 1.